The molecule has 1 aromatic carbocycles. The van der Waals surface area contributed by atoms with E-state index in [0.717, 1.165) is 27.4 Å². The Kier molecular flexibility index (Phi) is 2.79. The second-order valence-electron chi connectivity index (χ2n) is 3.61. The summed E-state index contributed by atoms with van der Waals surface area (Å²) in [6.07, 6.45) is 1.61. The summed E-state index contributed by atoms with van der Waals surface area (Å²) in [5.41, 5.74) is 2.95. The minimum absolute atomic E-state index is 0.0332. The third kappa shape index (κ3) is 1.99. The fourth-order valence-corrected chi connectivity index (χ4v) is 2.70. The quantitative estimate of drug-likeness (QED) is 0.727. The molecule has 0 atom stereocenters. The molecule has 0 aromatic heterocycles. The molecule has 0 amide bonds. The first-order chi connectivity index (χ1) is 7.58. The molecular weight excluding hydrogens is 220 g/mol. The number of thioether (sulfide) groups is 1. The molecule has 1 heterocycles. The van der Waals surface area contributed by atoms with E-state index in [-0.39, 0.29) is 11.5 Å². The van der Waals surface area contributed by atoms with Crippen LogP contribution in [0.3, 0.4) is 0 Å². The minimum Gasteiger partial charge on any atom is -0.509 e. The van der Waals surface area contributed by atoms with Crippen molar-refractivity contribution in [1.29, 1.82) is 0 Å². The summed E-state index contributed by atoms with van der Waals surface area (Å²) in [6, 6.07) is 5.24. The molecule has 16 heavy (non-hydrogen) atoms. The number of benzene rings is 1. The molecular formula is C13H12O2S. The lowest BCUT2D eigenvalue weighted by atomic mass is 10.0. The average Bonchev–Trinajstić information content (AvgIpc) is 2.22. The normalized spacial score (nSPS) is 17.2. The molecule has 1 aliphatic heterocycles. The number of fused-ring (bicyclic) bond motifs is 1. The lowest BCUT2D eigenvalue weighted by Crippen LogP contribution is -1.99. The maximum absolute atomic E-state index is 9.38. The van der Waals surface area contributed by atoms with Gasteiger partial charge in [-0.05, 0) is 34.9 Å². The molecule has 1 aliphatic rings. The van der Waals surface area contributed by atoms with Crippen LogP contribution in [0.5, 0.6) is 5.75 Å². The number of aromatic hydroxyl groups is 1. The van der Waals surface area contributed by atoms with Gasteiger partial charge in [-0.2, -0.15) is 0 Å². The van der Waals surface area contributed by atoms with Crippen LogP contribution in [0, 0.1) is 0 Å². The van der Waals surface area contributed by atoms with Crippen LogP contribution in [0.1, 0.15) is 11.1 Å². The molecule has 0 radical (unpaired) electrons. The maximum atomic E-state index is 9.38. The lowest BCUT2D eigenvalue weighted by Gasteiger charge is -2.20. The molecule has 0 fully saturated rings. The summed E-state index contributed by atoms with van der Waals surface area (Å²) in [5, 5.41) is 18.5. The summed E-state index contributed by atoms with van der Waals surface area (Å²) < 4.78 is 0. The highest BCUT2D eigenvalue weighted by atomic mass is 32.2. The van der Waals surface area contributed by atoms with Gasteiger partial charge in [0.05, 0.1) is 0 Å². The van der Waals surface area contributed by atoms with Crippen molar-refractivity contribution in [2.75, 3.05) is 0 Å². The van der Waals surface area contributed by atoms with Crippen LogP contribution < -0.4 is 0 Å². The fourth-order valence-electron chi connectivity index (χ4n) is 1.65. The van der Waals surface area contributed by atoms with Gasteiger partial charge >= 0.3 is 0 Å². The van der Waals surface area contributed by atoms with Crippen molar-refractivity contribution >= 4 is 17.3 Å². The Hall–Kier alpha value is -1.61. The number of aliphatic hydroxyl groups excluding tert-OH is 1. The Balaban J connectivity index is 2.44. The van der Waals surface area contributed by atoms with Crippen LogP contribution in [-0.4, -0.2) is 10.2 Å². The monoisotopic (exact) mass is 232 g/mol. The molecule has 1 aromatic rings. The number of rotatable bonds is 1. The van der Waals surface area contributed by atoms with E-state index < -0.39 is 0 Å². The van der Waals surface area contributed by atoms with Crippen LogP contribution in [-0.2, 0) is 5.75 Å². The van der Waals surface area contributed by atoms with Gasteiger partial charge in [0.2, 0.25) is 0 Å². The van der Waals surface area contributed by atoms with Gasteiger partial charge in [-0.1, -0.05) is 19.2 Å². The van der Waals surface area contributed by atoms with Crippen molar-refractivity contribution < 1.29 is 10.2 Å². The first-order valence-electron chi connectivity index (χ1n) is 4.82. The standard InChI is InChI=1S/C13H12O2S/c1-8(14)5-13-9(2)12-4-3-11(15)6-10(12)7-16-13/h3-6,14-15H,1-2,7H2/b13-5+. The number of phenols is 1. The predicted molar refractivity (Wildman–Crippen MR) is 68.3 cm³/mol. The third-order valence-corrected chi connectivity index (χ3v) is 3.52. The van der Waals surface area contributed by atoms with Gasteiger partial charge in [-0.15, -0.1) is 11.8 Å². The number of aliphatic hydroxyl groups is 1. The van der Waals surface area contributed by atoms with E-state index in [1.165, 1.54) is 0 Å². The maximum Gasteiger partial charge on any atom is 0.115 e. The van der Waals surface area contributed by atoms with E-state index in [1.807, 2.05) is 6.07 Å². The highest BCUT2D eigenvalue weighted by Crippen LogP contribution is 2.41. The number of hydrogen-bond acceptors (Lipinski definition) is 3. The first kappa shape index (κ1) is 10.9. The molecule has 0 bridgehead atoms. The van der Waals surface area contributed by atoms with Gasteiger partial charge in [-0.3, -0.25) is 0 Å². The molecule has 2 rings (SSSR count). The van der Waals surface area contributed by atoms with Crippen molar-refractivity contribution in [2.45, 2.75) is 5.75 Å². The van der Waals surface area contributed by atoms with E-state index in [2.05, 4.69) is 13.2 Å². The Morgan fingerprint density at radius 1 is 1.44 bits per heavy atom. The molecule has 0 unspecified atom stereocenters. The highest BCUT2D eigenvalue weighted by Gasteiger charge is 2.17. The van der Waals surface area contributed by atoms with Gasteiger partial charge in [0.25, 0.3) is 0 Å². The largest absolute Gasteiger partial charge is 0.509 e. The van der Waals surface area contributed by atoms with Crippen LogP contribution in [0.25, 0.3) is 5.57 Å². The van der Waals surface area contributed by atoms with Crippen molar-refractivity contribution in [2.24, 2.45) is 0 Å². The zero-order valence-corrected chi connectivity index (χ0v) is 9.55. The summed E-state index contributed by atoms with van der Waals surface area (Å²) in [5.74, 6) is 1.07. The van der Waals surface area contributed by atoms with Crippen molar-refractivity contribution in [3.05, 3.63) is 59.2 Å². The van der Waals surface area contributed by atoms with E-state index in [9.17, 15) is 5.11 Å². The van der Waals surface area contributed by atoms with Crippen LogP contribution in [0.2, 0.25) is 0 Å². The second-order valence-corrected chi connectivity index (χ2v) is 4.63. The predicted octanol–water partition coefficient (Wildman–Crippen LogP) is 3.61. The smallest absolute Gasteiger partial charge is 0.115 e. The lowest BCUT2D eigenvalue weighted by molar-refractivity contribution is 0.435. The van der Waals surface area contributed by atoms with Crippen LogP contribution >= 0.6 is 11.8 Å². The Bertz CT molecular complexity index is 501. The van der Waals surface area contributed by atoms with Gasteiger partial charge in [0.1, 0.15) is 11.5 Å². The first-order valence-corrected chi connectivity index (χ1v) is 5.80. The molecule has 0 saturated heterocycles. The van der Waals surface area contributed by atoms with E-state index in [4.69, 9.17) is 5.11 Å². The Morgan fingerprint density at radius 2 is 2.19 bits per heavy atom. The molecule has 3 heteroatoms. The Labute approximate surface area is 98.6 Å². The molecule has 0 aliphatic carbocycles. The summed E-state index contributed by atoms with van der Waals surface area (Å²) in [7, 11) is 0. The van der Waals surface area contributed by atoms with E-state index in [0.29, 0.717) is 0 Å². The Morgan fingerprint density at radius 3 is 2.88 bits per heavy atom. The zero-order chi connectivity index (χ0) is 11.7. The van der Waals surface area contributed by atoms with Crippen molar-refractivity contribution in [1.82, 2.24) is 0 Å². The van der Waals surface area contributed by atoms with Gasteiger partial charge in [0, 0.05) is 10.7 Å². The number of allylic oxidation sites excluding steroid dienone is 2. The molecule has 82 valence electrons. The summed E-state index contributed by atoms with van der Waals surface area (Å²) >= 11 is 1.58. The minimum atomic E-state index is 0.0332. The topological polar surface area (TPSA) is 40.5 Å². The summed E-state index contributed by atoms with van der Waals surface area (Å²) in [4.78, 5) is 0.922. The molecule has 2 N–H and O–H groups in total. The van der Waals surface area contributed by atoms with Gasteiger partial charge < -0.3 is 10.2 Å². The van der Waals surface area contributed by atoms with Crippen LogP contribution in [0.4, 0.5) is 0 Å². The SMILES string of the molecule is C=C(O)/C=C1/SCc2cc(O)ccc2C1=C. The molecule has 2 nitrogen and oxygen atoms in total. The van der Waals surface area contributed by atoms with Gasteiger partial charge in [0.15, 0.2) is 0 Å². The number of hydrogen-bond donors (Lipinski definition) is 2. The van der Waals surface area contributed by atoms with E-state index in [1.54, 1.807) is 30.0 Å². The van der Waals surface area contributed by atoms with Crippen LogP contribution in [0.15, 0.2) is 48.1 Å². The summed E-state index contributed by atoms with van der Waals surface area (Å²) in [6.45, 7) is 7.44. The third-order valence-electron chi connectivity index (χ3n) is 2.39. The number of phenolic OH excluding ortho intramolecular Hbond substituents is 1. The molecule has 0 spiro atoms. The van der Waals surface area contributed by atoms with Crippen molar-refractivity contribution in [3.63, 3.8) is 0 Å². The molecule has 0 saturated carbocycles. The highest BCUT2D eigenvalue weighted by molar-refractivity contribution is 8.03. The average molecular weight is 232 g/mol. The van der Waals surface area contributed by atoms with E-state index >= 15 is 0 Å². The van der Waals surface area contributed by atoms with Crippen molar-refractivity contribution in [3.8, 4) is 5.75 Å². The second kappa shape index (κ2) is 4.10. The fraction of sp³-hybridized carbons (Fsp3) is 0.0769. The van der Waals surface area contributed by atoms with Gasteiger partial charge in [-0.25, -0.2) is 0 Å². The zero-order valence-electron chi connectivity index (χ0n) is 8.73.